The van der Waals surface area contributed by atoms with Gasteiger partial charge in [0.25, 0.3) is 0 Å². The van der Waals surface area contributed by atoms with Crippen LogP contribution in [0, 0.1) is 18.6 Å². The molecule has 0 unspecified atom stereocenters. The van der Waals surface area contributed by atoms with Crippen molar-refractivity contribution in [3.05, 3.63) is 53.2 Å². The van der Waals surface area contributed by atoms with E-state index in [1.807, 2.05) is 0 Å². The van der Waals surface area contributed by atoms with Gasteiger partial charge in [0, 0.05) is 11.3 Å². The summed E-state index contributed by atoms with van der Waals surface area (Å²) in [6.07, 6.45) is 0. The van der Waals surface area contributed by atoms with E-state index in [1.54, 1.807) is 19.1 Å². The molecule has 1 aromatic heterocycles. The number of hydrogen-bond donors (Lipinski definition) is 2. The number of halogens is 2. The smallest absolute Gasteiger partial charge is 0.149 e. The average Bonchev–Trinajstić information content (AvgIpc) is 2.33. The predicted octanol–water partition coefficient (Wildman–Crippen LogP) is 3.05. The summed E-state index contributed by atoms with van der Waals surface area (Å²) in [5.41, 5.74) is 6.51. The standard InChI is InChI=1S/C13H11F2N3S/c1-7-5-8(13(16)19)6-11(17-7)18-12-9(14)3-2-4-10(12)15/h2-6H,1H3,(H2,16,19)(H,17,18). The second-order valence-electron chi connectivity index (χ2n) is 3.97. The maximum Gasteiger partial charge on any atom is 0.149 e. The molecule has 6 heteroatoms. The number of thiocarbonyl (C=S) groups is 1. The Labute approximate surface area is 114 Å². The molecular formula is C13H11F2N3S. The second kappa shape index (κ2) is 5.27. The van der Waals surface area contributed by atoms with Crippen LogP contribution in [0.4, 0.5) is 20.3 Å². The van der Waals surface area contributed by atoms with E-state index in [2.05, 4.69) is 10.3 Å². The normalized spacial score (nSPS) is 10.3. The second-order valence-corrected chi connectivity index (χ2v) is 4.41. The van der Waals surface area contributed by atoms with Crippen LogP contribution in [0.1, 0.15) is 11.3 Å². The molecule has 0 aliphatic rings. The summed E-state index contributed by atoms with van der Waals surface area (Å²) in [7, 11) is 0. The molecule has 0 spiro atoms. The zero-order valence-corrected chi connectivity index (χ0v) is 10.9. The van der Waals surface area contributed by atoms with Crippen LogP contribution >= 0.6 is 12.2 Å². The molecule has 0 aliphatic carbocycles. The summed E-state index contributed by atoms with van der Waals surface area (Å²) in [5, 5.41) is 2.60. The monoisotopic (exact) mass is 279 g/mol. The number of nitrogens with zero attached hydrogens (tertiary/aromatic N) is 1. The zero-order chi connectivity index (χ0) is 14.0. The van der Waals surface area contributed by atoms with Crippen molar-refractivity contribution < 1.29 is 8.78 Å². The van der Waals surface area contributed by atoms with E-state index in [0.717, 1.165) is 12.1 Å². The molecular weight excluding hydrogens is 268 g/mol. The predicted molar refractivity (Wildman–Crippen MR) is 74.5 cm³/mol. The maximum atomic E-state index is 13.5. The number of aryl methyl sites for hydroxylation is 1. The summed E-state index contributed by atoms with van der Waals surface area (Å²) in [5.74, 6) is -1.10. The Balaban J connectivity index is 2.41. The average molecular weight is 279 g/mol. The molecule has 0 saturated carbocycles. The Morgan fingerprint density at radius 3 is 2.47 bits per heavy atom. The topological polar surface area (TPSA) is 50.9 Å². The van der Waals surface area contributed by atoms with Gasteiger partial charge in [-0.05, 0) is 31.2 Å². The van der Waals surface area contributed by atoms with Gasteiger partial charge in [0.2, 0.25) is 0 Å². The molecule has 3 N–H and O–H groups in total. The third-order valence-electron chi connectivity index (χ3n) is 2.45. The molecule has 0 aliphatic heterocycles. The first-order valence-corrected chi connectivity index (χ1v) is 5.87. The molecule has 0 fully saturated rings. The fraction of sp³-hybridized carbons (Fsp3) is 0.0769. The van der Waals surface area contributed by atoms with E-state index in [1.165, 1.54) is 6.07 Å². The Morgan fingerprint density at radius 1 is 1.26 bits per heavy atom. The summed E-state index contributed by atoms with van der Waals surface area (Å²) < 4.78 is 27.0. The van der Waals surface area contributed by atoms with Crippen LogP contribution < -0.4 is 11.1 Å². The minimum absolute atomic E-state index is 0.197. The largest absolute Gasteiger partial charge is 0.389 e. The first-order chi connectivity index (χ1) is 8.97. The minimum atomic E-state index is -0.694. The van der Waals surface area contributed by atoms with Crippen molar-refractivity contribution in [1.29, 1.82) is 0 Å². The van der Waals surface area contributed by atoms with E-state index >= 15 is 0 Å². The Kier molecular flexibility index (Phi) is 3.71. The van der Waals surface area contributed by atoms with Crippen LogP contribution in [0.2, 0.25) is 0 Å². The van der Waals surface area contributed by atoms with Gasteiger partial charge >= 0.3 is 0 Å². The van der Waals surface area contributed by atoms with E-state index in [0.29, 0.717) is 11.3 Å². The molecule has 98 valence electrons. The lowest BCUT2D eigenvalue weighted by molar-refractivity contribution is 0.590. The SMILES string of the molecule is Cc1cc(C(N)=S)cc(Nc2c(F)cccc2F)n1. The number of hydrogen-bond acceptors (Lipinski definition) is 3. The van der Waals surface area contributed by atoms with Gasteiger partial charge in [-0.15, -0.1) is 0 Å². The lowest BCUT2D eigenvalue weighted by atomic mass is 10.2. The van der Waals surface area contributed by atoms with Crippen molar-refractivity contribution in [2.24, 2.45) is 5.73 Å². The Hall–Kier alpha value is -2.08. The van der Waals surface area contributed by atoms with E-state index < -0.39 is 11.6 Å². The number of rotatable bonds is 3. The molecule has 1 heterocycles. The molecule has 2 rings (SSSR count). The highest BCUT2D eigenvalue weighted by Crippen LogP contribution is 2.22. The van der Waals surface area contributed by atoms with Crippen molar-refractivity contribution >= 4 is 28.7 Å². The number of benzene rings is 1. The summed E-state index contributed by atoms with van der Waals surface area (Å²) in [4.78, 5) is 4.33. The lowest BCUT2D eigenvalue weighted by Gasteiger charge is -2.10. The van der Waals surface area contributed by atoms with Crippen molar-refractivity contribution in [2.75, 3.05) is 5.32 Å². The highest BCUT2D eigenvalue weighted by atomic mass is 32.1. The zero-order valence-electron chi connectivity index (χ0n) is 10.1. The molecule has 0 amide bonds. The van der Waals surface area contributed by atoms with Gasteiger partial charge in [-0.3, -0.25) is 0 Å². The van der Waals surface area contributed by atoms with E-state index in [-0.39, 0.29) is 16.5 Å². The van der Waals surface area contributed by atoms with Gasteiger partial charge in [0.05, 0.1) is 0 Å². The third-order valence-corrected chi connectivity index (χ3v) is 2.69. The highest BCUT2D eigenvalue weighted by Gasteiger charge is 2.10. The Morgan fingerprint density at radius 2 is 1.89 bits per heavy atom. The molecule has 1 aromatic carbocycles. The van der Waals surface area contributed by atoms with Gasteiger partial charge in [-0.1, -0.05) is 18.3 Å². The van der Waals surface area contributed by atoms with Crippen molar-refractivity contribution in [3.63, 3.8) is 0 Å². The molecule has 0 saturated heterocycles. The van der Waals surface area contributed by atoms with E-state index in [4.69, 9.17) is 18.0 Å². The maximum absolute atomic E-state index is 13.5. The van der Waals surface area contributed by atoms with Crippen LogP contribution in [0.15, 0.2) is 30.3 Å². The van der Waals surface area contributed by atoms with Crippen molar-refractivity contribution in [2.45, 2.75) is 6.92 Å². The van der Waals surface area contributed by atoms with Gasteiger partial charge in [0.15, 0.2) is 0 Å². The van der Waals surface area contributed by atoms with Gasteiger partial charge in [-0.25, -0.2) is 13.8 Å². The first-order valence-electron chi connectivity index (χ1n) is 5.47. The molecule has 2 aromatic rings. The molecule has 0 radical (unpaired) electrons. The van der Waals surface area contributed by atoms with Gasteiger partial charge < -0.3 is 11.1 Å². The van der Waals surface area contributed by atoms with Crippen LogP contribution in [-0.2, 0) is 0 Å². The summed E-state index contributed by atoms with van der Waals surface area (Å²) >= 11 is 4.87. The van der Waals surface area contributed by atoms with Crippen molar-refractivity contribution in [3.8, 4) is 0 Å². The number of aromatic nitrogens is 1. The number of anilines is 2. The van der Waals surface area contributed by atoms with E-state index in [9.17, 15) is 8.78 Å². The van der Waals surface area contributed by atoms with Crippen LogP contribution in [0.5, 0.6) is 0 Å². The quantitative estimate of drug-likeness (QED) is 0.848. The first kappa shape index (κ1) is 13.4. The fourth-order valence-electron chi connectivity index (χ4n) is 1.62. The van der Waals surface area contributed by atoms with Gasteiger partial charge in [0.1, 0.15) is 28.1 Å². The van der Waals surface area contributed by atoms with Crippen LogP contribution in [-0.4, -0.2) is 9.97 Å². The summed E-state index contributed by atoms with van der Waals surface area (Å²) in [6, 6.07) is 6.86. The third kappa shape index (κ3) is 3.03. The Bertz CT molecular complexity index is 624. The molecule has 0 atom stereocenters. The van der Waals surface area contributed by atoms with Crippen LogP contribution in [0.25, 0.3) is 0 Å². The lowest BCUT2D eigenvalue weighted by Crippen LogP contribution is -2.11. The number of nitrogens with one attached hydrogen (secondary N) is 1. The fourth-order valence-corrected chi connectivity index (χ4v) is 1.74. The van der Waals surface area contributed by atoms with Crippen molar-refractivity contribution in [1.82, 2.24) is 4.98 Å². The number of pyridine rings is 1. The molecule has 3 nitrogen and oxygen atoms in total. The van der Waals surface area contributed by atoms with Gasteiger partial charge in [-0.2, -0.15) is 0 Å². The number of nitrogens with two attached hydrogens (primary N) is 1. The van der Waals surface area contributed by atoms with Crippen LogP contribution in [0.3, 0.4) is 0 Å². The highest BCUT2D eigenvalue weighted by molar-refractivity contribution is 7.80. The summed E-state index contributed by atoms with van der Waals surface area (Å²) in [6.45, 7) is 1.74. The minimum Gasteiger partial charge on any atom is -0.389 e. The molecule has 19 heavy (non-hydrogen) atoms. The number of para-hydroxylation sites is 1. The molecule has 0 bridgehead atoms.